The van der Waals surface area contributed by atoms with E-state index in [2.05, 4.69) is 4.90 Å². The van der Waals surface area contributed by atoms with E-state index in [-0.39, 0.29) is 6.04 Å². The number of benzene rings is 1. The first-order valence-corrected chi connectivity index (χ1v) is 7.42. The molecular formula is C16H23NO2. The van der Waals surface area contributed by atoms with Crippen LogP contribution in [-0.4, -0.2) is 35.7 Å². The van der Waals surface area contributed by atoms with Gasteiger partial charge in [0, 0.05) is 5.56 Å². The molecule has 0 aliphatic carbocycles. The average Bonchev–Trinajstić information content (AvgIpc) is 2.69. The maximum absolute atomic E-state index is 10.7. The van der Waals surface area contributed by atoms with E-state index >= 15 is 0 Å². The summed E-state index contributed by atoms with van der Waals surface area (Å²) < 4.78 is 5.93. The van der Waals surface area contributed by atoms with Gasteiger partial charge in [-0.25, -0.2) is 0 Å². The first kappa shape index (κ1) is 12.9. The maximum Gasteiger partial charge on any atom is 0.128 e. The highest BCUT2D eigenvalue weighted by Crippen LogP contribution is 2.36. The molecule has 0 aromatic heterocycles. The molecule has 2 atom stereocenters. The summed E-state index contributed by atoms with van der Waals surface area (Å²) in [6.07, 6.45) is 4.70. The molecule has 104 valence electrons. The van der Waals surface area contributed by atoms with Gasteiger partial charge in [-0.1, -0.05) is 31.0 Å². The lowest BCUT2D eigenvalue weighted by molar-refractivity contribution is 0.00453. The highest BCUT2D eigenvalue weighted by molar-refractivity contribution is 5.44. The second-order valence-electron chi connectivity index (χ2n) is 5.77. The van der Waals surface area contributed by atoms with Crippen LogP contribution in [0.4, 0.5) is 0 Å². The molecule has 0 saturated carbocycles. The molecule has 0 amide bonds. The highest BCUT2D eigenvalue weighted by atomic mass is 16.5. The van der Waals surface area contributed by atoms with Crippen LogP contribution in [-0.2, 0) is 0 Å². The van der Waals surface area contributed by atoms with Gasteiger partial charge in [0.2, 0.25) is 0 Å². The standard InChI is InChI=1S/C16H23NO2/c1-12-7-6-8-13-15(18)14(11-19-16(12)13)17-9-4-2-3-5-10-17/h6-8,14-15,18H,2-5,9-11H2,1H3. The topological polar surface area (TPSA) is 32.7 Å². The maximum atomic E-state index is 10.7. The summed E-state index contributed by atoms with van der Waals surface area (Å²) in [6, 6.07) is 6.16. The predicted octanol–water partition coefficient (Wildman–Crippen LogP) is 2.67. The van der Waals surface area contributed by atoms with Crippen molar-refractivity contribution in [3.8, 4) is 5.75 Å². The van der Waals surface area contributed by atoms with E-state index in [9.17, 15) is 5.11 Å². The first-order valence-electron chi connectivity index (χ1n) is 7.42. The molecule has 3 nitrogen and oxygen atoms in total. The molecule has 1 fully saturated rings. The van der Waals surface area contributed by atoms with Gasteiger partial charge < -0.3 is 9.84 Å². The number of para-hydroxylation sites is 1. The van der Waals surface area contributed by atoms with Crippen molar-refractivity contribution in [1.82, 2.24) is 4.90 Å². The number of hydrogen-bond donors (Lipinski definition) is 1. The van der Waals surface area contributed by atoms with E-state index in [0.717, 1.165) is 30.0 Å². The molecule has 2 aliphatic rings. The minimum Gasteiger partial charge on any atom is -0.491 e. The Bertz CT molecular complexity index is 438. The molecule has 2 heterocycles. The monoisotopic (exact) mass is 261 g/mol. The lowest BCUT2D eigenvalue weighted by Crippen LogP contribution is -2.46. The van der Waals surface area contributed by atoms with Crippen molar-refractivity contribution in [2.45, 2.75) is 44.8 Å². The normalized spacial score (nSPS) is 28.3. The summed E-state index contributed by atoms with van der Waals surface area (Å²) in [4.78, 5) is 2.42. The molecule has 19 heavy (non-hydrogen) atoms. The van der Waals surface area contributed by atoms with Gasteiger partial charge >= 0.3 is 0 Å². The van der Waals surface area contributed by atoms with Crippen LogP contribution in [0.25, 0.3) is 0 Å². The van der Waals surface area contributed by atoms with Crippen LogP contribution in [0.1, 0.15) is 42.9 Å². The number of likely N-dealkylation sites (tertiary alicyclic amines) is 1. The zero-order valence-corrected chi connectivity index (χ0v) is 11.6. The quantitative estimate of drug-likeness (QED) is 0.843. The largest absolute Gasteiger partial charge is 0.491 e. The average molecular weight is 261 g/mol. The van der Waals surface area contributed by atoms with Crippen LogP contribution < -0.4 is 4.74 Å². The highest BCUT2D eigenvalue weighted by Gasteiger charge is 2.34. The smallest absolute Gasteiger partial charge is 0.128 e. The summed E-state index contributed by atoms with van der Waals surface area (Å²) in [6.45, 7) is 4.83. The number of fused-ring (bicyclic) bond motifs is 1. The fourth-order valence-electron chi connectivity index (χ4n) is 3.30. The second-order valence-corrected chi connectivity index (χ2v) is 5.77. The van der Waals surface area contributed by atoms with Gasteiger partial charge in [0.25, 0.3) is 0 Å². The number of aryl methyl sites for hydroxylation is 1. The van der Waals surface area contributed by atoms with Crippen molar-refractivity contribution in [3.63, 3.8) is 0 Å². The van der Waals surface area contributed by atoms with Crippen molar-refractivity contribution < 1.29 is 9.84 Å². The van der Waals surface area contributed by atoms with Crippen LogP contribution in [0.15, 0.2) is 18.2 Å². The van der Waals surface area contributed by atoms with E-state index in [1.807, 2.05) is 25.1 Å². The molecule has 3 heteroatoms. The lowest BCUT2D eigenvalue weighted by atomic mass is 9.95. The molecule has 2 aliphatic heterocycles. The van der Waals surface area contributed by atoms with Gasteiger partial charge in [-0.05, 0) is 38.4 Å². The Morgan fingerprint density at radius 1 is 1.16 bits per heavy atom. The van der Waals surface area contributed by atoms with Crippen LogP contribution in [0.2, 0.25) is 0 Å². The lowest BCUT2D eigenvalue weighted by Gasteiger charge is -2.38. The SMILES string of the molecule is Cc1cccc2c1OCC(N1CCCCCC1)C2O. The van der Waals surface area contributed by atoms with Crippen molar-refractivity contribution >= 4 is 0 Å². The predicted molar refractivity (Wildman–Crippen MR) is 75.5 cm³/mol. The first-order chi connectivity index (χ1) is 9.27. The van der Waals surface area contributed by atoms with E-state index in [4.69, 9.17) is 4.74 Å². The summed E-state index contributed by atoms with van der Waals surface area (Å²) in [5.74, 6) is 0.890. The fraction of sp³-hybridized carbons (Fsp3) is 0.625. The summed E-state index contributed by atoms with van der Waals surface area (Å²) in [7, 11) is 0. The molecule has 3 rings (SSSR count). The van der Waals surface area contributed by atoms with Gasteiger partial charge in [0.05, 0.1) is 6.04 Å². The number of ether oxygens (including phenoxy) is 1. The third-order valence-electron chi connectivity index (χ3n) is 4.43. The number of rotatable bonds is 1. The zero-order chi connectivity index (χ0) is 13.2. The van der Waals surface area contributed by atoms with E-state index in [0.29, 0.717) is 6.61 Å². The van der Waals surface area contributed by atoms with Gasteiger partial charge in [-0.2, -0.15) is 0 Å². The van der Waals surface area contributed by atoms with E-state index in [1.54, 1.807) is 0 Å². The molecule has 0 radical (unpaired) electrons. The van der Waals surface area contributed by atoms with Crippen LogP contribution in [0, 0.1) is 6.92 Å². The molecule has 0 spiro atoms. The molecule has 1 saturated heterocycles. The summed E-state index contributed by atoms with van der Waals surface area (Å²) >= 11 is 0. The molecule has 1 aromatic carbocycles. The Morgan fingerprint density at radius 2 is 1.89 bits per heavy atom. The molecule has 1 N–H and O–H groups in total. The number of aliphatic hydroxyl groups is 1. The molecular weight excluding hydrogens is 238 g/mol. The number of nitrogens with zero attached hydrogens (tertiary/aromatic N) is 1. The molecule has 1 aromatic rings. The van der Waals surface area contributed by atoms with Crippen molar-refractivity contribution in [1.29, 1.82) is 0 Å². The molecule has 2 unspecified atom stereocenters. The Hall–Kier alpha value is -1.06. The van der Waals surface area contributed by atoms with Crippen LogP contribution in [0.5, 0.6) is 5.75 Å². The van der Waals surface area contributed by atoms with Gasteiger partial charge in [0.1, 0.15) is 18.5 Å². The zero-order valence-electron chi connectivity index (χ0n) is 11.6. The van der Waals surface area contributed by atoms with Crippen molar-refractivity contribution in [2.75, 3.05) is 19.7 Å². The second kappa shape index (κ2) is 5.51. The Balaban J connectivity index is 1.82. The number of aliphatic hydroxyl groups excluding tert-OH is 1. The number of hydrogen-bond acceptors (Lipinski definition) is 3. The minimum atomic E-state index is -0.415. The fourth-order valence-corrected chi connectivity index (χ4v) is 3.30. The van der Waals surface area contributed by atoms with E-state index in [1.165, 1.54) is 25.7 Å². The van der Waals surface area contributed by atoms with Crippen LogP contribution >= 0.6 is 0 Å². The Labute approximate surface area is 115 Å². The molecule has 0 bridgehead atoms. The Morgan fingerprint density at radius 3 is 2.63 bits per heavy atom. The third-order valence-corrected chi connectivity index (χ3v) is 4.43. The summed E-state index contributed by atoms with van der Waals surface area (Å²) in [5.41, 5.74) is 2.08. The van der Waals surface area contributed by atoms with Crippen molar-refractivity contribution in [3.05, 3.63) is 29.3 Å². The van der Waals surface area contributed by atoms with Gasteiger partial charge in [-0.15, -0.1) is 0 Å². The van der Waals surface area contributed by atoms with E-state index < -0.39 is 6.10 Å². The van der Waals surface area contributed by atoms with Gasteiger partial charge in [0.15, 0.2) is 0 Å². The Kier molecular flexibility index (Phi) is 3.76. The third kappa shape index (κ3) is 2.49. The minimum absolute atomic E-state index is 0.118. The summed E-state index contributed by atoms with van der Waals surface area (Å²) in [5, 5.41) is 10.7. The van der Waals surface area contributed by atoms with Crippen molar-refractivity contribution in [2.24, 2.45) is 0 Å². The van der Waals surface area contributed by atoms with Crippen LogP contribution in [0.3, 0.4) is 0 Å². The van der Waals surface area contributed by atoms with Gasteiger partial charge in [-0.3, -0.25) is 4.90 Å².